The van der Waals surface area contributed by atoms with E-state index in [-0.39, 0.29) is 24.2 Å². The Morgan fingerprint density at radius 2 is 2.41 bits per heavy atom. The maximum absolute atomic E-state index is 12.1. The first-order valence-corrected chi connectivity index (χ1v) is 6.59. The highest BCUT2D eigenvalue weighted by molar-refractivity contribution is 7.10. The molecule has 96 valence electrons. The van der Waals surface area contributed by atoms with Gasteiger partial charge < -0.3 is 10.2 Å². The third-order valence-corrected chi connectivity index (χ3v) is 4.07. The van der Waals surface area contributed by atoms with E-state index >= 15 is 0 Å². The summed E-state index contributed by atoms with van der Waals surface area (Å²) in [5.41, 5.74) is 1.33. The zero-order valence-electron chi connectivity index (χ0n) is 10.2. The van der Waals surface area contributed by atoms with Gasteiger partial charge in [-0.2, -0.15) is 0 Å². The molecule has 3 nitrogen and oxygen atoms in total. The summed E-state index contributed by atoms with van der Waals surface area (Å²) in [5, 5.41) is 5.18. The van der Waals surface area contributed by atoms with E-state index in [1.54, 1.807) is 0 Å². The first-order valence-electron chi connectivity index (χ1n) is 5.71. The second-order valence-corrected chi connectivity index (χ2v) is 5.34. The molecule has 1 N–H and O–H groups in total. The molecule has 1 aliphatic rings. The number of amides is 1. The van der Waals surface area contributed by atoms with Crippen LogP contribution in [0.15, 0.2) is 11.4 Å². The quantitative estimate of drug-likeness (QED) is 0.913. The van der Waals surface area contributed by atoms with E-state index in [4.69, 9.17) is 0 Å². The van der Waals surface area contributed by atoms with Crippen molar-refractivity contribution in [2.24, 2.45) is 5.92 Å². The van der Waals surface area contributed by atoms with Crippen LogP contribution in [0.3, 0.4) is 0 Å². The largest absolute Gasteiger partial charge is 0.338 e. The number of halogens is 1. The van der Waals surface area contributed by atoms with Crippen LogP contribution in [-0.4, -0.2) is 30.9 Å². The van der Waals surface area contributed by atoms with Crippen LogP contribution in [0, 0.1) is 5.92 Å². The van der Waals surface area contributed by atoms with Gasteiger partial charge in [0.05, 0.1) is 0 Å². The number of rotatable bonds is 3. The van der Waals surface area contributed by atoms with Crippen LogP contribution in [0.25, 0.3) is 0 Å². The lowest BCUT2D eigenvalue weighted by molar-refractivity contribution is -0.135. The standard InChI is InChI=1S/C12H18N2OS.ClH/c1-9(7-13-2)12(15)14-5-3-11-10(8-14)4-6-16-11;/h4,6,9,13H,3,5,7-8H2,1-2H3;1H. The Balaban J connectivity index is 0.00000144. The Bertz CT molecular complexity index is 380. The number of carbonyl (C=O) groups is 1. The zero-order chi connectivity index (χ0) is 11.5. The molecule has 0 saturated heterocycles. The summed E-state index contributed by atoms with van der Waals surface area (Å²) in [6, 6.07) is 2.14. The molecular weight excluding hydrogens is 256 g/mol. The summed E-state index contributed by atoms with van der Waals surface area (Å²) in [6.07, 6.45) is 1.02. The number of fused-ring (bicyclic) bond motifs is 1. The van der Waals surface area contributed by atoms with E-state index < -0.39 is 0 Å². The Hall–Kier alpha value is -0.580. The molecule has 0 saturated carbocycles. The lowest BCUT2D eigenvalue weighted by atomic mass is 10.1. The van der Waals surface area contributed by atoms with E-state index in [2.05, 4.69) is 16.8 Å². The van der Waals surface area contributed by atoms with Crippen molar-refractivity contribution in [3.05, 3.63) is 21.9 Å². The van der Waals surface area contributed by atoms with Gasteiger partial charge in [0, 0.05) is 30.4 Å². The number of thiophene rings is 1. The highest BCUT2D eigenvalue weighted by atomic mass is 35.5. The van der Waals surface area contributed by atoms with Gasteiger partial charge in [0.1, 0.15) is 0 Å². The maximum Gasteiger partial charge on any atom is 0.226 e. The molecule has 2 heterocycles. The van der Waals surface area contributed by atoms with Gasteiger partial charge in [-0.1, -0.05) is 6.92 Å². The molecule has 0 bridgehead atoms. The monoisotopic (exact) mass is 274 g/mol. The highest BCUT2D eigenvalue weighted by Gasteiger charge is 2.24. The van der Waals surface area contributed by atoms with Gasteiger partial charge in [-0.15, -0.1) is 23.7 Å². The first kappa shape index (κ1) is 14.5. The summed E-state index contributed by atoms with van der Waals surface area (Å²) in [5.74, 6) is 0.344. The number of hydrogen-bond donors (Lipinski definition) is 1. The molecule has 1 unspecified atom stereocenters. The summed E-state index contributed by atoms with van der Waals surface area (Å²) in [7, 11) is 1.89. The van der Waals surface area contributed by atoms with Crippen molar-refractivity contribution in [1.29, 1.82) is 0 Å². The van der Waals surface area contributed by atoms with Crippen LogP contribution in [-0.2, 0) is 17.8 Å². The van der Waals surface area contributed by atoms with E-state index in [0.717, 1.165) is 26.1 Å². The van der Waals surface area contributed by atoms with E-state index in [1.807, 2.05) is 30.2 Å². The predicted molar refractivity (Wildman–Crippen MR) is 73.8 cm³/mol. The van der Waals surface area contributed by atoms with Gasteiger partial charge in [0.15, 0.2) is 0 Å². The van der Waals surface area contributed by atoms with Crippen molar-refractivity contribution < 1.29 is 4.79 Å². The molecule has 1 aliphatic heterocycles. The second-order valence-electron chi connectivity index (χ2n) is 4.34. The van der Waals surface area contributed by atoms with E-state index in [9.17, 15) is 4.79 Å². The summed E-state index contributed by atoms with van der Waals surface area (Å²) >= 11 is 1.81. The SMILES string of the molecule is CNCC(C)C(=O)N1CCc2sccc2C1.Cl. The van der Waals surface area contributed by atoms with Gasteiger partial charge in [0.25, 0.3) is 0 Å². The minimum atomic E-state index is 0. The minimum Gasteiger partial charge on any atom is -0.338 e. The summed E-state index contributed by atoms with van der Waals surface area (Å²) in [4.78, 5) is 15.5. The van der Waals surface area contributed by atoms with Gasteiger partial charge in [-0.25, -0.2) is 0 Å². The zero-order valence-corrected chi connectivity index (χ0v) is 11.9. The number of nitrogens with one attached hydrogen (secondary N) is 1. The average molecular weight is 275 g/mol. The van der Waals surface area contributed by atoms with E-state index in [1.165, 1.54) is 10.4 Å². The van der Waals surface area contributed by atoms with Crippen LogP contribution >= 0.6 is 23.7 Å². The van der Waals surface area contributed by atoms with Crippen LogP contribution < -0.4 is 5.32 Å². The van der Waals surface area contributed by atoms with Gasteiger partial charge >= 0.3 is 0 Å². The third kappa shape index (κ3) is 3.21. The van der Waals surface area contributed by atoms with Crippen molar-refractivity contribution in [3.8, 4) is 0 Å². The van der Waals surface area contributed by atoms with Crippen molar-refractivity contribution in [2.45, 2.75) is 19.9 Å². The predicted octanol–water partition coefficient (Wildman–Crippen LogP) is 1.91. The molecular formula is C12H19ClN2OS. The van der Waals surface area contributed by atoms with Crippen LogP contribution in [0.2, 0.25) is 0 Å². The second kappa shape index (κ2) is 6.38. The summed E-state index contributed by atoms with van der Waals surface area (Å²) in [6.45, 7) is 4.42. The molecule has 0 aromatic carbocycles. The normalized spacial score (nSPS) is 16.0. The van der Waals surface area contributed by atoms with Gasteiger partial charge in [0.2, 0.25) is 5.91 Å². The highest BCUT2D eigenvalue weighted by Crippen LogP contribution is 2.24. The Kier molecular flexibility index (Phi) is 5.43. The summed E-state index contributed by atoms with van der Waals surface area (Å²) < 4.78 is 0. The molecule has 1 aromatic rings. The van der Waals surface area contributed by atoms with Crippen molar-refractivity contribution in [3.63, 3.8) is 0 Å². The lowest BCUT2D eigenvalue weighted by Gasteiger charge is -2.29. The molecule has 0 aliphatic carbocycles. The Morgan fingerprint density at radius 3 is 3.12 bits per heavy atom. The number of nitrogens with zero attached hydrogens (tertiary/aromatic N) is 1. The topological polar surface area (TPSA) is 32.3 Å². The van der Waals surface area contributed by atoms with Crippen molar-refractivity contribution in [2.75, 3.05) is 20.1 Å². The average Bonchev–Trinajstić information content (AvgIpc) is 2.75. The van der Waals surface area contributed by atoms with E-state index in [0.29, 0.717) is 0 Å². The van der Waals surface area contributed by atoms with Crippen molar-refractivity contribution >= 4 is 29.7 Å². The molecule has 1 atom stereocenters. The first-order chi connectivity index (χ1) is 7.72. The smallest absolute Gasteiger partial charge is 0.226 e. The lowest BCUT2D eigenvalue weighted by Crippen LogP contribution is -2.41. The Morgan fingerprint density at radius 1 is 1.65 bits per heavy atom. The van der Waals surface area contributed by atoms with Crippen LogP contribution in [0.4, 0.5) is 0 Å². The fourth-order valence-electron chi connectivity index (χ4n) is 2.14. The fraction of sp³-hybridized carbons (Fsp3) is 0.583. The third-order valence-electron chi connectivity index (χ3n) is 3.05. The number of carbonyl (C=O) groups excluding carboxylic acids is 1. The Labute approximate surface area is 113 Å². The molecule has 5 heteroatoms. The number of hydrogen-bond acceptors (Lipinski definition) is 3. The molecule has 1 amide bonds. The van der Waals surface area contributed by atoms with Crippen LogP contribution in [0.1, 0.15) is 17.4 Å². The molecule has 0 fully saturated rings. The van der Waals surface area contributed by atoms with Crippen LogP contribution in [0.5, 0.6) is 0 Å². The molecule has 1 aromatic heterocycles. The molecule has 0 radical (unpaired) electrons. The fourth-order valence-corrected chi connectivity index (χ4v) is 3.03. The molecule has 17 heavy (non-hydrogen) atoms. The molecule has 2 rings (SSSR count). The van der Waals surface area contributed by atoms with Gasteiger partial charge in [-0.05, 0) is 30.5 Å². The maximum atomic E-state index is 12.1. The molecule has 0 spiro atoms. The van der Waals surface area contributed by atoms with Crippen molar-refractivity contribution in [1.82, 2.24) is 10.2 Å². The van der Waals surface area contributed by atoms with Gasteiger partial charge in [-0.3, -0.25) is 4.79 Å². The minimum absolute atomic E-state index is 0.